The second kappa shape index (κ2) is 12.7. The van der Waals surface area contributed by atoms with Gasteiger partial charge in [-0.15, -0.1) is 10.2 Å². The molecule has 228 valence electrons. The minimum Gasteiger partial charge on any atom is -0.345 e. The van der Waals surface area contributed by atoms with Gasteiger partial charge in [-0.2, -0.15) is 5.21 Å². The quantitative estimate of drug-likeness (QED) is 0.254. The van der Waals surface area contributed by atoms with Crippen molar-refractivity contribution in [2.24, 2.45) is 16.3 Å². The molecule has 1 aliphatic carbocycles. The van der Waals surface area contributed by atoms with E-state index < -0.39 is 5.66 Å². The summed E-state index contributed by atoms with van der Waals surface area (Å²) in [5.74, 6) is 0.644. The number of tetrazole rings is 1. The second-order valence-electron chi connectivity index (χ2n) is 12.3. The maximum absolute atomic E-state index is 14.4. The van der Waals surface area contributed by atoms with Crippen LogP contribution in [0.1, 0.15) is 106 Å². The molecule has 1 aliphatic heterocycles. The van der Waals surface area contributed by atoms with Gasteiger partial charge in [-0.25, -0.2) is 0 Å². The smallest absolute Gasteiger partial charge is 0.275 e. The van der Waals surface area contributed by atoms with Crippen molar-refractivity contribution in [2.45, 2.75) is 90.9 Å². The molecule has 43 heavy (non-hydrogen) atoms. The van der Waals surface area contributed by atoms with Crippen molar-refractivity contribution in [3.05, 3.63) is 75.0 Å². The molecule has 3 aromatic rings. The van der Waals surface area contributed by atoms with Crippen molar-refractivity contribution in [3.8, 4) is 0 Å². The Morgan fingerprint density at radius 2 is 1.84 bits per heavy atom. The van der Waals surface area contributed by atoms with Gasteiger partial charge >= 0.3 is 0 Å². The number of halogens is 2. The van der Waals surface area contributed by atoms with Gasteiger partial charge in [-0.05, 0) is 73.3 Å². The number of nitrogens with one attached hydrogen (secondary N) is 2. The summed E-state index contributed by atoms with van der Waals surface area (Å²) in [5.41, 5.74) is 2.20. The summed E-state index contributed by atoms with van der Waals surface area (Å²) in [5, 5.41) is 17.3. The molecular weight excluding hydrogens is 585 g/mol. The molecule has 2 aromatic carbocycles. The third kappa shape index (κ3) is 6.34. The van der Waals surface area contributed by atoms with Crippen molar-refractivity contribution in [2.75, 3.05) is 0 Å². The molecule has 2 N–H and O–H groups in total. The molecular formula is C32H39Cl2N7O2. The highest BCUT2D eigenvalue weighted by molar-refractivity contribution is 6.48. The van der Waals surface area contributed by atoms with Crippen LogP contribution in [-0.4, -0.2) is 48.7 Å². The Balaban J connectivity index is 1.46. The van der Waals surface area contributed by atoms with Crippen molar-refractivity contribution >= 4 is 40.7 Å². The highest BCUT2D eigenvalue weighted by atomic mass is 35.5. The molecule has 2 amide bonds. The maximum Gasteiger partial charge on any atom is 0.275 e. The number of aromatic nitrogens is 4. The lowest BCUT2D eigenvalue weighted by Crippen LogP contribution is -2.51. The van der Waals surface area contributed by atoms with Gasteiger partial charge in [0.25, 0.3) is 11.8 Å². The van der Waals surface area contributed by atoms with Crippen molar-refractivity contribution in [1.29, 1.82) is 0 Å². The van der Waals surface area contributed by atoms with Crippen LogP contribution in [0.5, 0.6) is 0 Å². The van der Waals surface area contributed by atoms with Gasteiger partial charge < -0.3 is 10.2 Å². The molecule has 11 heteroatoms. The van der Waals surface area contributed by atoms with Crippen LogP contribution < -0.4 is 5.32 Å². The molecule has 2 aliphatic rings. The fraction of sp³-hybridized carbons (Fsp3) is 0.500. The average molecular weight is 625 g/mol. The van der Waals surface area contributed by atoms with Gasteiger partial charge in [-0.3, -0.25) is 14.6 Å². The summed E-state index contributed by atoms with van der Waals surface area (Å²) >= 11 is 12.6. The molecule has 1 fully saturated rings. The normalized spacial score (nSPS) is 21.3. The minimum atomic E-state index is -0.640. The van der Waals surface area contributed by atoms with Gasteiger partial charge in [0.05, 0.1) is 22.6 Å². The molecule has 1 aromatic heterocycles. The Morgan fingerprint density at radius 1 is 1.12 bits per heavy atom. The second-order valence-corrected chi connectivity index (χ2v) is 13.1. The minimum absolute atomic E-state index is 0.0908. The van der Waals surface area contributed by atoms with E-state index in [9.17, 15) is 9.59 Å². The predicted octanol–water partition coefficient (Wildman–Crippen LogP) is 6.93. The molecule has 0 unspecified atom stereocenters. The summed E-state index contributed by atoms with van der Waals surface area (Å²) in [6.45, 7) is 9.24. The lowest BCUT2D eigenvalue weighted by Gasteiger charge is -2.48. The first-order valence-electron chi connectivity index (χ1n) is 15.1. The van der Waals surface area contributed by atoms with Crippen LogP contribution in [0, 0.1) is 11.3 Å². The van der Waals surface area contributed by atoms with E-state index in [4.69, 9.17) is 28.2 Å². The van der Waals surface area contributed by atoms with Crippen LogP contribution >= 0.6 is 23.2 Å². The molecule has 0 radical (unpaired) electrons. The topological polar surface area (TPSA) is 116 Å². The third-order valence-electron chi connectivity index (χ3n) is 9.41. The molecule has 1 atom stereocenters. The highest BCUT2D eigenvalue weighted by Gasteiger charge is 2.52. The first kappa shape index (κ1) is 31.1. The molecule has 2 heterocycles. The Labute approximate surface area is 262 Å². The Bertz CT molecular complexity index is 1480. The summed E-state index contributed by atoms with van der Waals surface area (Å²) in [7, 11) is 0. The van der Waals surface area contributed by atoms with E-state index in [1.54, 1.807) is 24.3 Å². The standard InChI is InChI=1S/C32H39Cl2N7O2/c1-5-7-26(20-8-10-21(11-9-20)29(42)35-19-27-37-39-40-38-27)41-30(43)28(22-12-13-24(33)25(34)18-22)36-32(41)16-14-23(15-17-32)31(3,4)6-2/h8-13,18,23,26H,5-7,14-17,19H2,1-4H3,(H,35,42)(H,37,38,39,40)/t23?,26-,32?/m1/s1. The van der Waals surface area contributed by atoms with Crippen LogP contribution in [0.15, 0.2) is 47.5 Å². The molecule has 0 bridgehead atoms. The van der Waals surface area contributed by atoms with Gasteiger partial charge in [0.2, 0.25) is 0 Å². The summed E-state index contributed by atoms with van der Waals surface area (Å²) in [4.78, 5) is 34.5. The highest BCUT2D eigenvalue weighted by Crippen LogP contribution is 2.50. The summed E-state index contributed by atoms with van der Waals surface area (Å²) < 4.78 is 0. The van der Waals surface area contributed by atoms with Crippen LogP contribution in [0.3, 0.4) is 0 Å². The number of carbonyl (C=O) groups excluding carboxylic acids is 2. The van der Waals surface area contributed by atoms with E-state index in [0.29, 0.717) is 38.6 Å². The van der Waals surface area contributed by atoms with E-state index in [1.807, 2.05) is 23.1 Å². The number of benzene rings is 2. The number of hydrogen-bond donors (Lipinski definition) is 2. The third-order valence-corrected chi connectivity index (χ3v) is 10.2. The molecule has 5 rings (SSSR count). The van der Waals surface area contributed by atoms with E-state index in [0.717, 1.165) is 50.5 Å². The monoisotopic (exact) mass is 623 g/mol. The zero-order chi connectivity index (χ0) is 30.8. The average Bonchev–Trinajstić information content (AvgIpc) is 3.63. The SMILES string of the molecule is CCC[C@H](c1ccc(C(=O)NCc2nn[nH]n2)cc1)N1C(=O)C(c2ccc(Cl)c(Cl)c2)=NC12CCC(C(C)(C)CC)CC2. The van der Waals surface area contributed by atoms with Gasteiger partial charge in [0, 0.05) is 11.1 Å². The zero-order valence-corrected chi connectivity index (χ0v) is 26.7. The number of hydrogen-bond acceptors (Lipinski definition) is 6. The van der Waals surface area contributed by atoms with E-state index in [-0.39, 0.29) is 29.8 Å². The molecule has 0 saturated heterocycles. The van der Waals surface area contributed by atoms with E-state index >= 15 is 0 Å². The van der Waals surface area contributed by atoms with Gasteiger partial charge in [-0.1, -0.05) is 87.2 Å². The van der Waals surface area contributed by atoms with E-state index in [2.05, 4.69) is 53.6 Å². The van der Waals surface area contributed by atoms with Crippen LogP contribution in [0.4, 0.5) is 0 Å². The molecule has 1 spiro atoms. The van der Waals surface area contributed by atoms with Crippen LogP contribution in [-0.2, 0) is 11.3 Å². The van der Waals surface area contributed by atoms with E-state index in [1.165, 1.54) is 0 Å². The van der Waals surface area contributed by atoms with Gasteiger partial charge in [0.1, 0.15) is 11.4 Å². The molecule has 9 nitrogen and oxygen atoms in total. The maximum atomic E-state index is 14.4. The number of H-pyrrole nitrogens is 1. The van der Waals surface area contributed by atoms with Crippen molar-refractivity contribution in [3.63, 3.8) is 0 Å². The fourth-order valence-corrected chi connectivity index (χ4v) is 6.77. The number of rotatable bonds is 10. The summed E-state index contributed by atoms with van der Waals surface area (Å²) in [6.07, 6.45) is 6.36. The summed E-state index contributed by atoms with van der Waals surface area (Å²) in [6, 6.07) is 12.6. The number of amides is 2. The lowest BCUT2D eigenvalue weighted by molar-refractivity contribution is -0.133. The number of carbonyl (C=O) groups is 2. The van der Waals surface area contributed by atoms with Crippen molar-refractivity contribution in [1.82, 2.24) is 30.8 Å². The van der Waals surface area contributed by atoms with Crippen LogP contribution in [0.25, 0.3) is 0 Å². The Kier molecular flexibility index (Phi) is 9.23. The molecule has 1 saturated carbocycles. The first-order chi connectivity index (χ1) is 20.6. The van der Waals surface area contributed by atoms with Crippen molar-refractivity contribution < 1.29 is 9.59 Å². The van der Waals surface area contributed by atoms with Gasteiger partial charge in [0.15, 0.2) is 5.82 Å². The largest absolute Gasteiger partial charge is 0.345 e. The zero-order valence-electron chi connectivity index (χ0n) is 25.2. The Hall–Kier alpha value is -3.30. The predicted molar refractivity (Wildman–Crippen MR) is 168 cm³/mol. The fourth-order valence-electron chi connectivity index (χ4n) is 6.47. The lowest BCUT2D eigenvalue weighted by atomic mass is 9.67. The van der Waals surface area contributed by atoms with Crippen LogP contribution in [0.2, 0.25) is 10.0 Å². The number of nitrogens with zero attached hydrogens (tertiary/aromatic N) is 5. The Morgan fingerprint density at radius 3 is 2.44 bits per heavy atom. The first-order valence-corrected chi connectivity index (χ1v) is 15.8. The number of aromatic amines is 1. The number of aliphatic imine (C=N–C) groups is 1.